The molecule has 1 rings (SSSR count). The van der Waals surface area contributed by atoms with E-state index in [4.69, 9.17) is 10.5 Å². The minimum atomic E-state index is 0.0620. The molecule has 0 bridgehead atoms. The van der Waals surface area contributed by atoms with Crippen molar-refractivity contribution in [3.8, 4) is 5.75 Å². The largest absolute Gasteiger partial charge is 0.496 e. The minimum absolute atomic E-state index is 0.0620. The van der Waals surface area contributed by atoms with Crippen LogP contribution in [0.3, 0.4) is 0 Å². The Morgan fingerprint density at radius 3 is 2.19 bits per heavy atom. The Balaban J connectivity index is 3.41. The monoisotopic (exact) mass is 221 g/mol. The summed E-state index contributed by atoms with van der Waals surface area (Å²) in [7, 11) is 1.72. The van der Waals surface area contributed by atoms with Crippen molar-refractivity contribution in [1.29, 1.82) is 0 Å². The van der Waals surface area contributed by atoms with E-state index in [9.17, 15) is 0 Å². The summed E-state index contributed by atoms with van der Waals surface area (Å²) < 4.78 is 5.45. The van der Waals surface area contributed by atoms with Crippen LogP contribution in [0.1, 0.15) is 50.4 Å². The van der Waals surface area contributed by atoms with E-state index in [0.717, 1.165) is 5.75 Å². The third kappa shape index (κ3) is 2.56. The van der Waals surface area contributed by atoms with Crippen LogP contribution in [-0.4, -0.2) is 7.11 Å². The highest BCUT2D eigenvalue weighted by Crippen LogP contribution is 2.34. The predicted molar refractivity (Wildman–Crippen MR) is 69.0 cm³/mol. The smallest absolute Gasteiger partial charge is 0.122 e. The van der Waals surface area contributed by atoms with Crippen molar-refractivity contribution in [3.63, 3.8) is 0 Å². The maximum atomic E-state index is 5.98. The lowest BCUT2D eigenvalue weighted by Crippen LogP contribution is -2.16. The van der Waals surface area contributed by atoms with Gasteiger partial charge in [0.1, 0.15) is 5.75 Å². The van der Waals surface area contributed by atoms with Crippen molar-refractivity contribution >= 4 is 0 Å². The van der Waals surface area contributed by atoms with Crippen molar-refractivity contribution in [2.75, 3.05) is 7.11 Å². The van der Waals surface area contributed by atoms with Crippen molar-refractivity contribution in [1.82, 2.24) is 0 Å². The van der Waals surface area contributed by atoms with E-state index in [0.29, 0.717) is 0 Å². The fourth-order valence-electron chi connectivity index (χ4n) is 1.94. The van der Waals surface area contributed by atoms with Crippen LogP contribution in [-0.2, 0) is 5.41 Å². The lowest BCUT2D eigenvalue weighted by molar-refractivity contribution is 0.396. The molecule has 0 spiro atoms. The number of nitrogens with two attached hydrogens (primary N) is 1. The van der Waals surface area contributed by atoms with Gasteiger partial charge in [0.15, 0.2) is 0 Å². The molecule has 0 aliphatic rings. The quantitative estimate of drug-likeness (QED) is 0.831. The van der Waals surface area contributed by atoms with Gasteiger partial charge in [-0.2, -0.15) is 0 Å². The zero-order valence-electron chi connectivity index (χ0n) is 11.2. The molecule has 0 saturated carbocycles. The first-order valence-corrected chi connectivity index (χ1v) is 5.72. The van der Waals surface area contributed by atoms with Gasteiger partial charge < -0.3 is 10.5 Å². The average molecular weight is 221 g/mol. The summed E-state index contributed by atoms with van der Waals surface area (Å²) in [6.07, 6.45) is 0. The number of ether oxygens (including phenoxy) is 1. The number of hydrogen-bond acceptors (Lipinski definition) is 2. The Labute approximate surface area is 98.8 Å². The van der Waals surface area contributed by atoms with Crippen molar-refractivity contribution in [2.24, 2.45) is 5.73 Å². The Bertz CT molecular complexity index is 375. The molecule has 0 fully saturated rings. The summed E-state index contributed by atoms with van der Waals surface area (Å²) >= 11 is 0. The van der Waals surface area contributed by atoms with Gasteiger partial charge in [-0.25, -0.2) is 0 Å². The van der Waals surface area contributed by atoms with Crippen LogP contribution in [0.2, 0.25) is 0 Å². The summed E-state index contributed by atoms with van der Waals surface area (Å²) in [5.41, 5.74) is 9.66. The standard InChI is InChI=1S/C14H23NO/c1-9-7-13(16-6)12(14(3,4)5)8-11(9)10(2)15/h7-8,10H,15H2,1-6H3. The second kappa shape index (κ2) is 4.46. The molecule has 0 heterocycles. The SMILES string of the molecule is COc1cc(C)c(C(C)N)cc1C(C)(C)C. The molecule has 0 aliphatic carbocycles. The van der Waals surface area contributed by atoms with Crippen LogP contribution >= 0.6 is 0 Å². The van der Waals surface area contributed by atoms with E-state index in [1.807, 2.05) is 6.92 Å². The molecule has 2 N–H and O–H groups in total. The molecular weight excluding hydrogens is 198 g/mol. The van der Waals surface area contributed by atoms with Gasteiger partial charge in [0.25, 0.3) is 0 Å². The second-order valence-electron chi connectivity index (χ2n) is 5.45. The van der Waals surface area contributed by atoms with E-state index >= 15 is 0 Å². The second-order valence-corrected chi connectivity index (χ2v) is 5.45. The number of hydrogen-bond donors (Lipinski definition) is 1. The van der Waals surface area contributed by atoms with E-state index in [1.54, 1.807) is 7.11 Å². The van der Waals surface area contributed by atoms with Gasteiger partial charge >= 0.3 is 0 Å². The molecule has 16 heavy (non-hydrogen) atoms. The Kier molecular flexibility index (Phi) is 3.64. The van der Waals surface area contributed by atoms with Crippen LogP contribution in [0.15, 0.2) is 12.1 Å². The van der Waals surface area contributed by atoms with Crippen molar-refractivity contribution in [2.45, 2.75) is 46.1 Å². The van der Waals surface area contributed by atoms with Crippen LogP contribution in [0.4, 0.5) is 0 Å². The summed E-state index contributed by atoms with van der Waals surface area (Å²) in [6, 6.07) is 4.32. The highest BCUT2D eigenvalue weighted by molar-refractivity contribution is 5.46. The fourth-order valence-corrected chi connectivity index (χ4v) is 1.94. The third-order valence-electron chi connectivity index (χ3n) is 2.89. The van der Waals surface area contributed by atoms with Gasteiger partial charge in [-0.15, -0.1) is 0 Å². The average Bonchev–Trinajstić information content (AvgIpc) is 2.14. The molecule has 0 saturated heterocycles. The first-order valence-electron chi connectivity index (χ1n) is 5.72. The minimum Gasteiger partial charge on any atom is -0.496 e. The highest BCUT2D eigenvalue weighted by Gasteiger charge is 2.21. The van der Waals surface area contributed by atoms with E-state index in [-0.39, 0.29) is 11.5 Å². The first-order chi connectivity index (χ1) is 7.27. The highest BCUT2D eigenvalue weighted by atomic mass is 16.5. The topological polar surface area (TPSA) is 35.2 Å². The lowest BCUT2D eigenvalue weighted by atomic mass is 9.83. The van der Waals surface area contributed by atoms with E-state index in [1.165, 1.54) is 16.7 Å². The summed E-state index contributed by atoms with van der Waals surface area (Å²) in [5.74, 6) is 0.953. The number of methoxy groups -OCH3 is 1. The van der Waals surface area contributed by atoms with Crippen molar-refractivity contribution < 1.29 is 4.74 Å². The molecule has 0 radical (unpaired) electrons. The molecule has 0 amide bonds. The number of rotatable bonds is 2. The maximum Gasteiger partial charge on any atom is 0.122 e. The zero-order valence-corrected chi connectivity index (χ0v) is 11.2. The Morgan fingerprint density at radius 2 is 1.81 bits per heavy atom. The molecule has 2 nitrogen and oxygen atoms in total. The number of benzene rings is 1. The van der Waals surface area contributed by atoms with Crippen LogP contribution < -0.4 is 10.5 Å². The van der Waals surface area contributed by atoms with Crippen molar-refractivity contribution in [3.05, 3.63) is 28.8 Å². The van der Waals surface area contributed by atoms with Gasteiger partial charge in [0.05, 0.1) is 7.11 Å². The summed E-state index contributed by atoms with van der Waals surface area (Å²) in [4.78, 5) is 0. The number of aryl methyl sites for hydroxylation is 1. The maximum absolute atomic E-state index is 5.98. The molecule has 2 heteroatoms. The lowest BCUT2D eigenvalue weighted by Gasteiger charge is -2.24. The van der Waals surface area contributed by atoms with Gasteiger partial charge in [0, 0.05) is 6.04 Å². The predicted octanol–water partition coefficient (Wildman–Crippen LogP) is 3.32. The molecule has 1 aromatic carbocycles. The molecule has 0 aliphatic heterocycles. The van der Waals surface area contributed by atoms with E-state index in [2.05, 4.69) is 39.8 Å². The fraction of sp³-hybridized carbons (Fsp3) is 0.571. The normalized spacial score (nSPS) is 13.7. The Morgan fingerprint density at radius 1 is 1.25 bits per heavy atom. The molecule has 90 valence electrons. The third-order valence-corrected chi connectivity index (χ3v) is 2.89. The van der Waals surface area contributed by atoms with Crippen LogP contribution in [0, 0.1) is 6.92 Å². The first kappa shape index (κ1) is 13.0. The zero-order chi connectivity index (χ0) is 12.5. The molecular formula is C14H23NO. The summed E-state index contributed by atoms with van der Waals surface area (Å²) in [5, 5.41) is 0. The van der Waals surface area contributed by atoms with Gasteiger partial charge in [-0.05, 0) is 48.1 Å². The van der Waals surface area contributed by atoms with E-state index < -0.39 is 0 Å². The molecule has 1 atom stereocenters. The molecule has 0 aromatic heterocycles. The van der Waals surface area contributed by atoms with Gasteiger partial charge in [-0.1, -0.05) is 20.8 Å². The van der Waals surface area contributed by atoms with Crippen LogP contribution in [0.5, 0.6) is 5.75 Å². The Hall–Kier alpha value is -1.02. The van der Waals surface area contributed by atoms with Gasteiger partial charge in [-0.3, -0.25) is 0 Å². The summed E-state index contributed by atoms with van der Waals surface area (Å²) in [6.45, 7) is 10.6. The van der Waals surface area contributed by atoms with Crippen LogP contribution in [0.25, 0.3) is 0 Å². The van der Waals surface area contributed by atoms with Gasteiger partial charge in [0.2, 0.25) is 0 Å². The molecule has 1 unspecified atom stereocenters. The molecule has 1 aromatic rings.